The van der Waals surface area contributed by atoms with Gasteiger partial charge < -0.3 is 10.2 Å². The quantitative estimate of drug-likeness (QED) is 0.769. The Kier molecular flexibility index (Phi) is 16.6. The molecule has 0 amide bonds. The van der Waals surface area contributed by atoms with E-state index < -0.39 is 0 Å². The fraction of sp³-hybridized carbons (Fsp3) is 0.143. The molecule has 0 fully saturated rings. The van der Waals surface area contributed by atoms with Gasteiger partial charge in [0.2, 0.25) is 0 Å². The van der Waals surface area contributed by atoms with Crippen molar-refractivity contribution >= 4 is 6.08 Å². The molecule has 0 radical (unpaired) electrons. The lowest BCUT2D eigenvalue weighted by atomic mass is 10.2. The van der Waals surface area contributed by atoms with Gasteiger partial charge in [-0.2, -0.15) is 0 Å². The minimum Gasteiger partial charge on any atom is -0.394 e. The summed E-state index contributed by atoms with van der Waals surface area (Å²) in [5.74, 6) is 0. The fourth-order valence-corrected chi connectivity index (χ4v) is 0.589. The van der Waals surface area contributed by atoms with E-state index in [9.17, 15) is 0 Å². The van der Waals surface area contributed by atoms with E-state index in [1.54, 1.807) is 12.2 Å². The van der Waals surface area contributed by atoms with Crippen molar-refractivity contribution in [2.45, 2.75) is 0 Å². The summed E-state index contributed by atoms with van der Waals surface area (Å²) in [6, 6.07) is 10.0. The smallest absolute Gasteiger partial charge is 0.0662 e. The lowest BCUT2D eigenvalue weighted by Gasteiger charge is -1.85. The first-order valence-corrected chi connectivity index (χ1v) is 4.89. The molecule has 0 aromatic heterocycles. The summed E-state index contributed by atoms with van der Waals surface area (Å²) < 4.78 is 0. The normalized spacial score (nSPS) is 7.38. The van der Waals surface area contributed by atoms with E-state index in [1.807, 2.05) is 36.4 Å². The van der Waals surface area contributed by atoms with Gasteiger partial charge in [0.05, 0.1) is 13.2 Å². The predicted octanol–water partition coefficient (Wildman–Crippen LogP) is 2.66. The van der Waals surface area contributed by atoms with Crippen LogP contribution in [0.15, 0.2) is 62.2 Å². The van der Waals surface area contributed by atoms with Crippen LogP contribution in [0.2, 0.25) is 0 Å². The molecule has 0 unspecified atom stereocenters. The van der Waals surface area contributed by atoms with Gasteiger partial charge in [0.25, 0.3) is 0 Å². The summed E-state index contributed by atoms with van der Waals surface area (Å²) in [4.78, 5) is 0. The highest BCUT2D eigenvalue weighted by molar-refractivity contribution is 5.45. The molecule has 0 heterocycles. The van der Waals surface area contributed by atoms with E-state index in [-0.39, 0.29) is 13.2 Å². The summed E-state index contributed by atoms with van der Waals surface area (Å²) in [5, 5.41) is 15.2. The summed E-state index contributed by atoms with van der Waals surface area (Å²) in [7, 11) is 0. The second-order valence-electron chi connectivity index (χ2n) is 2.53. The molecule has 0 bridgehead atoms. The summed E-state index contributed by atoms with van der Waals surface area (Å²) >= 11 is 0. The first-order chi connectivity index (χ1) is 7.76. The van der Waals surface area contributed by atoms with Gasteiger partial charge in [-0.1, -0.05) is 68.3 Å². The van der Waals surface area contributed by atoms with Crippen LogP contribution in [0.5, 0.6) is 0 Å². The molecule has 0 aliphatic heterocycles. The van der Waals surface area contributed by atoms with E-state index in [0.29, 0.717) is 0 Å². The van der Waals surface area contributed by atoms with Crippen molar-refractivity contribution in [2.75, 3.05) is 13.2 Å². The average molecular weight is 220 g/mol. The third-order valence-corrected chi connectivity index (χ3v) is 1.30. The van der Waals surface area contributed by atoms with E-state index in [0.717, 1.165) is 0 Å². The van der Waals surface area contributed by atoms with Crippen LogP contribution in [-0.2, 0) is 0 Å². The topological polar surface area (TPSA) is 40.5 Å². The van der Waals surface area contributed by atoms with Crippen LogP contribution in [0.25, 0.3) is 6.08 Å². The standard InChI is InChI=1S/C8H8.C4H6.C2H6O2/c1-2-8-6-4-3-5-7-8;1-3-4-2;3-1-2-4/h2-7H,1H2;2*3-4H,1-2H2. The van der Waals surface area contributed by atoms with Crippen LogP contribution in [0.3, 0.4) is 0 Å². The lowest BCUT2D eigenvalue weighted by Crippen LogP contribution is -1.85. The highest BCUT2D eigenvalue weighted by Gasteiger charge is 1.75. The Balaban J connectivity index is 0. The maximum atomic E-state index is 7.62. The molecule has 1 aromatic rings. The van der Waals surface area contributed by atoms with Gasteiger partial charge in [-0.25, -0.2) is 0 Å². The van der Waals surface area contributed by atoms with Gasteiger partial charge in [0.15, 0.2) is 0 Å². The molecular formula is C14H20O2. The Morgan fingerprint density at radius 3 is 1.50 bits per heavy atom. The largest absolute Gasteiger partial charge is 0.394 e. The van der Waals surface area contributed by atoms with Crippen LogP contribution in [0.4, 0.5) is 0 Å². The molecule has 0 saturated carbocycles. The highest BCUT2D eigenvalue weighted by atomic mass is 16.3. The van der Waals surface area contributed by atoms with Crippen molar-refractivity contribution in [3.63, 3.8) is 0 Å². The third-order valence-electron chi connectivity index (χ3n) is 1.30. The van der Waals surface area contributed by atoms with E-state index >= 15 is 0 Å². The zero-order valence-corrected chi connectivity index (χ0v) is 9.55. The number of allylic oxidation sites excluding steroid dienone is 2. The molecular weight excluding hydrogens is 200 g/mol. The number of aliphatic hydroxyl groups is 2. The molecule has 1 rings (SSSR count). The van der Waals surface area contributed by atoms with Gasteiger partial charge in [-0.3, -0.25) is 0 Å². The number of rotatable bonds is 3. The molecule has 2 N–H and O–H groups in total. The van der Waals surface area contributed by atoms with Gasteiger partial charge in [0, 0.05) is 0 Å². The summed E-state index contributed by atoms with van der Waals surface area (Å²) in [6.07, 6.45) is 5.11. The second kappa shape index (κ2) is 15.8. The zero-order valence-electron chi connectivity index (χ0n) is 9.55. The van der Waals surface area contributed by atoms with E-state index in [1.165, 1.54) is 5.56 Å². The highest BCUT2D eigenvalue weighted by Crippen LogP contribution is 1.97. The Morgan fingerprint density at radius 1 is 0.875 bits per heavy atom. The number of benzene rings is 1. The molecule has 1 aromatic carbocycles. The molecule has 2 nitrogen and oxygen atoms in total. The molecule has 0 aliphatic rings. The van der Waals surface area contributed by atoms with Gasteiger partial charge in [-0.15, -0.1) is 0 Å². The predicted molar refractivity (Wildman–Crippen MR) is 71.1 cm³/mol. The van der Waals surface area contributed by atoms with Crippen LogP contribution in [-0.4, -0.2) is 23.4 Å². The van der Waals surface area contributed by atoms with Crippen molar-refractivity contribution < 1.29 is 10.2 Å². The minimum absolute atomic E-state index is 0.125. The first-order valence-electron chi connectivity index (χ1n) is 4.89. The molecule has 16 heavy (non-hydrogen) atoms. The third kappa shape index (κ3) is 14.9. The average Bonchev–Trinajstić information content (AvgIpc) is 2.40. The molecule has 88 valence electrons. The number of hydrogen-bond acceptors (Lipinski definition) is 2. The van der Waals surface area contributed by atoms with Crippen molar-refractivity contribution in [2.24, 2.45) is 0 Å². The molecule has 0 saturated heterocycles. The Hall–Kier alpha value is -1.64. The number of hydrogen-bond donors (Lipinski definition) is 2. The first kappa shape index (κ1) is 16.8. The van der Waals surface area contributed by atoms with Gasteiger partial charge in [0.1, 0.15) is 0 Å². The Morgan fingerprint density at radius 2 is 1.31 bits per heavy atom. The Bertz CT molecular complexity index is 257. The molecule has 2 heteroatoms. The molecule has 0 atom stereocenters. The van der Waals surface area contributed by atoms with E-state index in [4.69, 9.17) is 10.2 Å². The van der Waals surface area contributed by atoms with Crippen LogP contribution >= 0.6 is 0 Å². The monoisotopic (exact) mass is 220 g/mol. The van der Waals surface area contributed by atoms with Crippen molar-refractivity contribution in [1.29, 1.82) is 0 Å². The van der Waals surface area contributed by atoms with Crippen molar-refractivity contribution in [1.82, 2.24) is 0 Å². The van der Waals surface area contributed by atoms with E-state index in [2.05, 4.69) is 19.7 Å². The maximum Gasteiger partial charge on any atom is 0.0662 e. The fourth-order valence-electron chi connectivity index (χ4n) is 0.589. The van der Waals surface area contributed by atoms with Gasteiger partial charge in [-0.05, 0) is 5.56 Å². The van der Waals surface area contributed by atoms with Crippen molar-refractivity contribution in [3.05, 3.63) is 67.8 Å². The minimum atomic E-state index is -0.125. The maximum absolute atomic E-state index is 7.62. The molecule has 0 aliphatic carbocycles. The number of aliphatic hydroxyl groups excluding tert-OH is 2. The van der Waals surface area contributed by atoms with Gasteiger partial charge >= 0.3 is 0 Å². The van der Waals surface area contributed by atoms with Crippen LogP contribution in [0, 0.1) is 0 Å². The lowest BCUT2D eigenvalue weighted by molar-refractivity contribution is 0.186. The summed E-state index contributed by atoms with van der Waals surface area (Å²) in [5.41, 5.74) is 1.17. The summed E-state index contributed by atoms with van der Waals surface area (Å²) in [6.45, 7) is 10.1. The second-order valence-corrected chi connectivity index (χ2v) is 2.53. The zero-order chi connectivity index (χ0) is 12.6. The molecule has 0 spiro atoms. The van der Waals surface area contributed by atoms with Crippen molar-refractivity contribution in [3.8, 4) is 0 Å². The Labute approximate surface area is 97.9 Å². The van der Waals surface area contributed by atoms with Crippen LogP contribution < -0.4 is 0 Å². The SMILES string of the molecule is C=CC=C.C=Cc1ccccc1.OCCO. The van der Waals surface area contributed by atoms with Crippen LogP contribution in [0.1, 0.15) is 5.56 Å².